The van der Waals surface area contributed by atoms with Crippen molar-refractivity contribution in [3.63, 3.8) is 0 Å². The third-order valence-electron chi connectivity index (χ3n) is 24.5. The van der Waals surface area contributed by atoms with Crippen LogP contribution in [0.3, 0.4) is 0 Å². The van der Waals surface area contributed by atoms with Gasteiger partial charge in [0.05, 0.1) is 0 Å². The molecule has 0 bridgehead atoms. The predicted octanol–water partition coefficient (Wildman–Crippen LogP) is 32.3. The molecule has 2 aliphatic carbocycles. The molecule has 0 N–H and O–H groups in total. The van der Waals surface area contributed by atoms with Crippen LogP contribution in [0.2, 0.25) is 0 Å². The minimum atomic E-state index is -0.152. The lowest BCUT2D eigenvalue weighted by Gasteiger charge is -2.22. The number of fused-ring (bicyclic) bond motifs is 12. The maximum absolute atomic E-state index is 6.46. The van der Waals surface area contributed by atoms with Crippen LogP contribution in [0, 0.1) is 0 Å². The van der Waals surface area contributed by atoms with Crippen LogP contribution in [0.4, 0.5) is 0 Å². The third kappa shape index (κ3) is 12.7. The zero-order valence-corrected chi connectivity index (χ0v) is 65.9. The zero-order chi connectivity index (χ0) is 77.6. The molecule has 0 atom stereocenters. The molecule has 2 aromatic heterocycles. The van der Waals surface area contributed by atoms with E-state index < -0.39 is 0 Å². The molecule has 116 heavy (non-hydrogen) atoms. The second-order valence-corrected chi connectivity index (χ2v) is 33.4. The lowest BCUT2D eigenvalue weighted by atomic mass is 9.81. The summed E-state index contributed by atoms with van der Waals surface area (Å²) in [4.78, 5) is 0. The lowest BCUT2D eigenvalue weighted by molar-refractivity contribution is 0.647. The van der Waals surface area contributed by atoms with E-state index in [-0.39, 0.29) is 10.8 Å². The molecule has 20 aromatic rings. The molecular formula is C114H80OS. The number of furan rings is 1. The summed E-state index contributed by atoms with van der Waals surface area (Å²) in [6.07, 6.45) is 0. The van der Waals surface area contributed by atoms with Crippen molar-refractivity contribution >= 4 is 53.4 Å². The van der Waals surface area contributed by atoms with Gasteiger partial charge in [0.25, 0.3) is 0 Å². The summed E-state index contributed by atoms with van der Waals surface area (Å²) in [5.41, 5.74) is 41.6. The van der Waals surface area contributed by atoms with E-state index >= 15 is 0 Å². The average Bonchev–Trinajstić information content (AvgIpc) is 1.56. The smallest absolute Gasteiger partial charge is 0.135 e. The normalized spacial score (nSPS) is 12.8. The van der Waals surface area contributed by atoms with Crippen molar-refractivity contribution in [1.82, 2.24) is 0 Å². The van der Waals surface area contributed by atoms with Crippen molar-refractivity contribution in [3.05, 3.63) is 435 Å². The second-order valence-electron chi connectivity index (χ2n) is 32.3. The molecule has 0 radical (unpaired) electrons. The molecule has 2 aliphatic rings. The molecule has 2 heterocycles. The van der Waals surface area contributed by atoms with Crippen LogP contribution in [0.15, 0.2) is 417 Å². The first-order valence-corrected chi connectivity index (χ1v) is 41.1. The van der Waals surface area contributed by atoms with E-state index in [1.165, 1.54) is 204 Å². The van der Waals surface area contributed by atoms with Crippen molar-refractivity contribution in [2.75, 3.05) is 0 Å². The molecule has 2 heteroatoms. The monoisotopic (exact) mass is 1500 g/mol. The molecule has 0 saturated carbocycles. The third-order valence-corrected chi connectivity index (χ3v) is 25.6. The summed E-state index contributed by atoms with van der Waals surface area (Å²) >= 11 is 1.91. The Labute approximate surface area is 682 Å². The van der Waals surface area contributed by atoms with Gasteiger partial charge >= 0.3 is 0 Å². The highest BCUT2D eigenvalue weighted by atomic mass is 32.1. The minimum Gasteiger partial charge on any atom is -0.456 e. The largest absolute Gasteiger partial charge is 0.456 e. The fourth-order valence-corrected chi connectivity index (χ4v) is 19.4. The summed E-state index contributed by atoms with van der Waals surface area (Å²) in [5.74, 6) is 0. The van der Waals surface area contributed by atoms with Gasteiger partial charge in [0, 0.05) is 41.8 Å². The Balaban J connectivity index is 0.000000158. The number of benzene rings is 18. The van der Waals surface area contributed by atoms with Gasteiger partial charge in [-0.2, -0.15) is 0 Å². The molecule has 0 amide bonds. The Morgan fingerprint density at radius 1 is 0.164 bits per heavy atom. The van der Waals surface area contributed by atoms with E-state index in [0.717, 1.165) is 16.6 Å². The Morgan fingerprint density at radius 3 is 0.871 bits per heavy atom. The Morgan fingerprint density at radius 2 is 0.440 bits per heavy atom. The van der Waals surface area contributed by atoms with Crippen LogP contribution < -0.4 is 0 Å². The van der Waals surface area contributed by atoms with Gasteiger partial charge in [-0.15, -0.1) is 11.3 Å². The van der Waals surface area contributed by atoms with E-state index in [9.17, 15) is 0 Å². The van der Waals surface area contributed by atoms with E-state index in [1.54, 1.807) is 0 Å². The molecular weight excluding hydrogens is 1420 g/mol. The maximum Gasteiger partial charge on any atom is 0.135 e. The fraction of sp³-hybridized carbons (Fsp3) is 0.0526. The molecule has 1 nitrogen and oxygen atoms in total. The van der Waals surface area contributed by atoms with Crippen molar-refractivity contribution < 1.29 is 4.42 Å². The standard InChI is InChI=1S/C69H48S.C45H32O/c1-69(2)65-42-54(50-26-16-28-52(34-50)60-39-57(47-21-11-5-12-22-47)36-58(40-60)48-23-13-6-14-24-48)29-31-61(65)62-43-64-63-41-53(30-32-67(63)70-68(64)44-66(62)69)49-25-15-27-51(33-49)59-37-55(45-17-7-3-8-18-45)35-56(38-59)46-19-9-4-10-20-46;1-45(2)41-19-10-9-18-37(41)38-27-40-39-26-33(20-21-43(39)46-44(40)28-42(38)45)31-16-11-17-32(22-31)36-24-34(29-12-5-3-6-13-29)23-35(25-36)30-14-7-4-8-15-30/h3-44H,1-2H3;3-28H,1-2H3. The van der Waals surface area contributed by atoms with Crippen LogP contribution in [0.25, 0.3) is 198 Å². The van der Waals surface area contributed by atoms with Gasteiger partial charge in [-0.25, -0.2) is 0 Å². The number of thiophene rings is 1. The molecule has 22 rings (SSSR count). The highest BCUT2D eigenvalue weighted by Gasteiger charge is 2.38. The topological polar surface area (TPSA) is 13.1 Å². The van der Waals surface area contributed by atoms with Crippen molar-refractivity contribution in [3.8, 4) is 156 Å². The molecule has 18 aromatic carbocycles. The zero-order valence-electron chi connectivity index (χ0n) is 65.1. The molecule has 0 unspecified atom stereocenters. The van der Waals surface area contributed by atoms with Gasteiger partial charge in [0.1, 0.15) is 11.2 Å². The van der Waals surface area contributed by atoms with Crippen LogP contribution >= 0.6 is 11.3 Å². The van der Waals surface area contributed by atoms with Gasteiger partial charge < -0.3 is 4.42 Å². The van der Waals surface area contributed by atoms with Gasteiger partial charge in [0.15, 0.2) is 0 Å². The summed E-state index contributed by atoms with van der Waals surface area (Å²) in [6, 6.07) is 151. The van der Waals surface area contributed by atoms with Crippen LogP contribution in [-0.2, 0) is 10.8 Å². The highest BCUT2D eigenvalue weighted by Crippen LogP contribution is 2.55. The van der Waals surface area contributed by atoms with E-state index in [1.807, 2.05) is 11.3 Å². The van der Waals surface area contributed by atoms with Gasteiger partial charge in [-0.1, -0.05) is 313 Å². The number of hydrogen-bond acceptors (Lipinski definition) is 2. The lowest BCUT2D eigenvalue weighted by Crippen LogP contribution is -2.14. The summed E-state index contributed by atoms with van der Waals surface area (Å²) < 4.78 is 9.12. The van der Waals surface area contributed by atoms with Crippen molar-refractivity contribution in [2.24, 2.45) is 0 Å². The first kappa shape index (κ1) is 69.9. The van der Waals surface area contributed by atoms with E-state index in [4.69, 9.17) is 4.42 Å². The van der Waals surface area contributed by atoms with Gasteiger partial charge in [-0.3, -0.25) is 0 Å². The second kappa shape index (κ2) is 28.6. The predicted molar refractivity (Wildman–Crippen MR) is 493 cm³/mol. The summed E-state index contributed by atoms with van der Waals surface area (Å²) in [5, 5.41) is 4.96. The van der Waals surface area contributed by atoms with Crippen LogP contribution in [0.1, 0.15) is 49.9 Å². The quantitative estimate of drug-likeness (QED) is 0.119. The highest BCUT2D eigenvalue weighted by molar-refractivity contribution is 7.25. The van der Waals surface area contributed by atoms with Gasteiger partial charge in [-0.05, 0) is 305 Å². The number of rotatable bonds is 12. The molecule has 0 fully saturated rings. The number of hydrogen-bond donors (Lipinski definition) is 0. The van der Waals surface area contributed by atoms with E-state index in [2.05, 4.69) is 440 Å². The molecule has 0 spiro atoms. The van der Waals surface area contributed by atoms with Gasteiger partial charge in [0.2, 0.25) is 0 Å². The maximum atomic E-state index is 6.46. The van der Waals surface area contributed by atoms with Crippen molar-refractivity contribution in [2.45, 2.75) is 38.5 Å². The van der Waals surface area contributed by atoms with Crippen LogP contribution in [0.5, 0.6) is 0 Å². The summed E-state index contributed by atoms with van der Waals surface area (Å²) in [7, 11) is 0. The first-order valence-electron chi connectivity index (χ1n) is 40.3. The molecule has 0 saturated heterocycles. The summed E-state index contributed by atoms with van der Waals surface area (Å²) in [6.45, 7) is 9.44. The molecule has 0 aliphatic heterocycles. The SMILES string of the molecule is CC1(C)c2cc(-c3cccc(-c4cc(-c5ccccc5)cc(-c5ccccc5)c4)c3)ccc2-c2cc3c(cc21)sc1ccc(-c2cccc(-c4cc(-c5ccccc5)cc(-c5ccccc5)c4)c2)cc13.CC1(C)c2ccccc2-c2cc3c(cc21)oc1ccc(-c2cccc(-c4cc(-c5ccccc5)cc(-c5ccccc5)c4)c2)cc13. The van der Waals surface area contributed by atoms with Crippen molar-refractivity contribution in [1.29, 1.82) is 0 Å². The van der Waals surface area contributed by atoms with E-state index in [0.29, 0.717) is 0 Å². The Kier molecular flexibility index (Phi) is 17.2. The Hall–Kier alpha value is -14.0. The fourth-order valence-electron chi connectivity index (χ4n) is 18.3. The molecule has 548 valence electrons. The Bertz CT molecular complexity index is 7030. The average molecular weight is 1500 g/mol. The minimum absolute atomic E-state index is 0.0527. The van der Waals surface area contributed by atoms with Crippen LogP contribution in [-0.4, -0.2) is 0 Å². The first-order chi connectivity index (χ1) is 56.9.